The molecule has 0 fully saturated rings. The summed E-state index contributed by atoms with van der Waals surface area (Å²) in [5.41, 5.74) is 1.17. The van der Waals surface area contributed by atoms with Crippen LogP contribution in [0.4, 0.5) is 11.4 Å². The zero-order chi connectivity index (χ0) is 20.8. The SMILES string of the molecule is CCn1c(Cc2ccccc2)nnc1SC(C)C(=O)Nc1ccccc1[N+](=O)[O-]. The number of hydrogen-bond acceptors (Lipinski definition) is 6. The molecule has 1 N–H and O–H groups in total. The minimum absolute atomic E-state index is 0.139. The van der Waals surface area contributed by atoms with Gasteiger partial charge in [-0.05, 0) is 25.5 Å². The highest BCUT2D eigenvalue weighted by Crippen LogP contribution is 2.27. The Bertz CT molecular complexity index is 1010. The fourth-order valence-electron chi connectivity index (χ4n) is 2.82. The first-order valence-electron chi connectivity index (χ1n) is 9.16. The standard InChI is InChI=1S/C20H21N5O3S/c1-3-24-18(13-15-9-5-4-6-10-15)22-23-20(24)29-14(2)19(26)21-16-11-7-8-12-17(16)25(27)28/h4-12,14H,3,13H2,1-2H3,(H,21,26). The van der Waals surface area contributed by atoms with Crippen molar-refractivity contribution in [2.75, 3.05) is 5.32 Å². The second-order valence-electron chi connectivity index (χ2n) is 6.33. The van der Waals surface area contributed by atoms with Crippen LogP contribution in [0.15, 0.2) is 59.8 Å². The van der Waals surface area contributed by atoms with Crippen LogP contribution in [0.1, 0.15) is 25.2 Å². The van der Waals surface area contributed by atoms with Crippen LogP contribution >= 0.6 is 11.8 Å². The quantitative estimate of drug-likeness (QED) is 0.342. The fourth-order valence-corrected chi connectivity index (χ4v) is 3.75. The first kappa shape index (κ1) is 20.5. The van der Waals surface area contributed by atoms with Crippen LogP contribution in [-0.4, -0.2) is 30.8 Å². The summed E-state index contributed by atoms with van der Waals surface area (Å²) < 4.78 is 1.98. The van der Waals surface area contributed by atoms with Gasteiger partial charge in [0.15, 0.2) is 5.16 Å². The Morgan fingerprint density at radius 2 is 1.86 bits per heavy atom. The Balaban J connectivity index is 1.71. The molecule has 1 atom stereocenters. The minimum atomic E-state index is -0.517. The van der Waals surface area contributed by atoms with Crippen LogP contribution in [0.3, 0.4) is 0 Å². The van der Waals surface area contributed by atoms with Crippen LogP contribution in [-0.2, 0) is 17.8 Å². The van der Waals surface area contributed by atoms with Crippen molar-refractivity contribution in [2.24, 2.45) is 0 Å². The molecule has 0 radical (unpaired) electrons. The summed E-state index contributed by atoms with van der Waals surface area (Å²) >= 11 is 1.28. The monoisotopic (exact) mass is 411 g/mol. The number of carbonyl (C=O) groups excluding carboxylic acids is 1. The highest BCUT2D eigenvalue weighted by atomic mass is 32.2. The van der Waals surface area contributed by atoms with Gasteiger partial charge >= 0.3 is 0 Å². The zero-order valence-corrected chi connectivity index (χ0v) is 16.9. The number of nitro benzene ring substituents is 1. The van der Waals surface area contributed by atoms with Crippen molar-refractivity contribution in [3.8, 4) is 0 Å². The van der Waals surface area contributed by atoms with Crippen LogP contribution in [0.2, 0.25) is 0 Å². The number of carbonyl (C=O) groups is 1. The molecular weight excluding hydrogens is 390 g/mol. The molecule has 0 saturated carbocycles. The van der Waals surface area contributed by atoms with Gasteiger partial charge in [-0.25, -0.2) is 0 Å². The Labute approximate surface area is 172 Å². The van der Waals surface area contributed by atoms with Gasteiger partial charge in [-0.15, -0.1) is 10.2 Å². The van der Waals surface area contributed by atoms with E-state index in [0.29, 0.717) is 18.1 Å². The summed E-state index contributed by atoms with van der Waals surface area (Å²) in [4.78, 5) is 23.2. The van der Waals surface area contributed by atoms with Crippen LogP contribution in [0.5, 0.6) is 0 Å². The van der Waals surface area contributed by atoms with Gasteiger partial charge in [-0.1, -0.05) is 54.2 Å². The van der Waals surface area contributed by atoms with Crippen LogP contribution < -0.4 is 5.32 Å². The summed E-state index contributed by atoms with van der Waals surface area (Å²) in [7, 11) is 0. The molecule has 0 saturated heterocycles. The number of nitro groups is 1. The molecule has 8 nitrogen and oxygen atoms in total. The average molecular weight is 411 g/mol. The van der Waals surface area contributed by atoms with Gasteiger partial charge in [0, 0.05) is 19.0 Å². The molecular formula is C20H21N5O3S. The predicted octanol–water partition coefficient (Wildman–Crippen LogP) is 3.92. The molecule has 3 rings (SSSR count). The van der Waals surface area contributed by atoms with E-state index in [2.05, 4.69) is 15.5 Å². The second kappa shape index (κ2) is 9.33. The Morgan fingerprint density at radius 1 is 1.17 bits per heavy atom. The number of benzene rings is 2. The zero-order valence-electron chi connectivity index (χ0n) is 16.1. The van der Waals surface area contributed by atoms with Crippen molar-refractivity contribution in [1.29, 1.82) is 0 Å². The van der Waals surface area contributed by atoms with E-state index in [4.69, 9.17) is 0 Å². The van der Waals surface area contributed by atoms with E-state index in [1.165, 1.54) is 23.9 Å². The number of rotatable bonds is 8. The third-order valence-corrected chi connectivity index (χ3v) is 5.41. The Hall–Kier alpha value is -3.20. The smallest absolute Gasteiger partial charge is 0.292 e. The van der Waals surface area contributed by atoms with Crippen molar-refractivity contribution in [3.63, 3.8) is 0 Å². The van der Waals surface area contributed by atoms with E-state index in [0.717, 1.165) is 11.4 Å². The predicted molar refractivity (Wildman–Crippen MR) is 112 cm³/mol. The molecule has 1 unspecified atom stereocenters. The Morgan fingerprint density at radius 3 is 2.55 bits per heavy atom. The van der Waals surface area contributed by atoms with Crippen molar-refractivity contribution < 1.29 is 9.72 Å². The van der Waals surface area contributed by atoms with Crippen molar-refractivity contribution >= 4 is 29.0 Å². The van der Waals surface area contributed by atoms with E-state index < -0.39 is 10.2 Å². The van der Waals surface area contributed by atoms with Gasteiger partial charge in [-0.2, -0.15) is 0 Å². The maximum absolute atomic E-state index is 12.6. The fraction of sp³-hybridized carbons (Fsp3) is 0.250. The molecule has 150 valence electrons. The Kier molecular flexibility index (Phi) is 6.61. The van der Waals surface area contributed by atoms with Crippen molar-refractivity contribution in [1.82, 2.24) is 14.8 Å². The molecule has 9 heteroatoms. The minimum Gasteiger partial charge on any atom is -0.319 e. The van der Waals surface area contributed by atoms with Gasteiger partial charge in [0.1, 0.15) is 11.5 Å². The first-order valence-corrected chi connectivity index (χ1v) is 10.0. The lowest BCUT2D eigenvalue weighted by Crippen LogP contribution is -2.23. The summed E-state index contributed by atoms with van der Waals surface area (Å²) in [5.74, 6) is 0.493. The lowest BCUT2D eigenvalue weighted by Gasteiger charge is -2.13. The van der Waals surface area contributed by atoms with Crippen LogP contribution in [0, 0.1) is 10.1 Å². The summed E-state index contributed by atoms with van der Waals surface area (Å²) in [5, 5.41) is 22.4. The number of nitrogens with zero attached hydrogens (tertiary/aromatic N) is 4. The molecule has 0 aliphatic rings. The largest absolute Gasteiger partial charge is 0.319 e. The summed E-state index contributed by atoms with van der Waals surface area (Å²) in [6, 6.07) is 16.1. The highest BCUT2D eigenvalue weighted by molar-refractivity contribution is 8.00. The molecule has 1 heterocycles. The molecule has 0 spiro atoms. The van der Waals surface area contributed by atoms with E-state index in [1.807, 2.05) is 41.8 Å². The highest BCUT2D eigenvalue weighted by Gasteiger charge is 2.22. The number of anilines is 1. The molecule has 0 bridgehead atoms. The number of nitrogens with one attached hydrogen (secondary N) is 1. The summed E-state index contributed by atoms with van der Waals surface area (Å²) in [6.07, 6.45) is 0.652. The third-order valence-electron chi connectivity index (χ3n) is 4.32. The van der Waals surface area contributed by atoms with E-state index >= 15 is 0 Å². The van der Waals surface area contributed by atoms with Crippen molar-refractivity contribution in [2.45, 2.75) is 37.2 Å². The number of hydrogen-bond donors (Lipinski definition) is 1. The van der Waals surface area contributed by atoms with E-state index in [9.17, 15) is 14.9 Å². The number of aromatic nitrogens is 3. The average Bonchev–Trinajstić information content (AvgIpc) is 3.09. The molecule has 0 aliphatic carbocycles. The summed E-state index contributed by atoms with van der Waals surface area (Å²) in [6.45, 7) is 4.41. The van der Waals surface area contributed by atoms with Gasteiger partial charge < -0.3 is 9.88 Å². The van der Waals surface area contributed by atoms with Gasteiger partial charge in [-0.3, -0.25) is 14.9 Å². The van der Waals surface area contributed by atoms with Gasteiger partial charge in [0.2, 0.25) is 5.91 Å². The number of para-hydroxylation sites is 2. The maximum Gasteiger partial charge on any atom is 0.292 e. The topological polar surface area (TPSA) is 103 Å². The second-order valence-corrected chi connectivity index (χ2v) is 7.64. The molecule has 0 aliphatic heterocycles. The van der Waals surface area contributed by atoms with E-state index in [-0.39, 0.29) is 17.3 Å². The lowest BCUT2D eigenvalue weighted by atomic mass is 10.1. The first-order chi connectivity index (χ1) is 14.0. The van der Waals surface area contributed by atoms with Crippen LogP contribution in [0.25, 0.3) is 0 Å². The normalized spacial score (nSPS) is 11.8. The lowest BCUT2D eigenvalue weighted by molar-refractivity contribution is -0.383. The molecule has 1 aromatic heterocycles. The molecule has 29 heavy (non-hydrogen) atoms. The number of thioether (sulfide) groups is 1. The molecule has 2 aromatic carbocycles. The molecule has 3 aromatic rings. The number of amides is 1. The van der Waals surface area contributed by atoms with Gasteiger partial charge in [0.05, 0.1) is 10.2 Å². The maximum atomic E-state index is 12.6. The van der Waals surface area contributed by atoms with Crippen molar-refractivity contribution in [3.05, 3.63) is 76.1 Å². The third kappa shape index (κ3) is 5.00. The van der Waals surface area contributed by atoms with E-state index in [1.54, 1.807) is 19.1 Å². The molecule has 1 amide bonds. The van der Waals surface area contributed by atoms with Gasteiger partial charge in [0.25, 0.3) is 5.69 Å².